The van der Waals surface area contributed by atoms with Gasteiger partial charge in [-0.25, -0.2) is 4.68 Å². The van der Waals surface area contributed by atoms with Crippen LogP contribution >= 0.6 is 11.8 Å². The zero-order valence-electron chi connectivity index (χ0n) is 12.2. The Labute approximate surface area is 118 Å². The average molecular weight is 286 g/mol. The second-order valence-corrected chi connectivity index (χ2v) is 6.38. The number of nitrogens with one attached hydrogen (secondary N) is 1. The first kappa shape index (κ1) is 15.9. The predicted octanol–water partition coefficient (Wildman–Crippen LogP) is 0.242. The molecule has 0 radical (unpaired) electrons. The smallest absolute Gasteiger partial charge is 0.232 e. The standard InChI is InChI=1S/C11H22N6OS/c1-11(2,3)12-6-7-17-10(13-14-15-17)19-8-9(18)16(4)5/h12H,6-8H2,1-5H3. The van der Waals surface area contributed by atoms with Crippen LogP contribution < -0.4 is 5.32 Å². The largest absolute Gasteiger partial charge is 0.348 e. The van der Waals surface area contributed by atoms with Crippen molar-refractivity contribution in [3.05, 3.63) is 0 Å². The van der Waals surface area contributed by atoms with E-state index in [4.69, 9.17) is 0 Å². The number of tetrazole rings is 1. The third-order valence-corrected chi connectivity index (χ3v) is 3.24. The van der Waals surface area contributed by atoms with Crippen LogP contribution in [0, 0.1) is 0 Å². The Balaban J connectivity index is 2.44. The Morgan fingerprint density at radius 2 is 2.11 bits per heavy atom. The number of rotatable bonds is 6. The molecule has 0 aliphatic rings. The van der Waals surface area contributed by atoms with Crippen LogP contribution in [0.25, 0.3) is 0 Å². The van der Waals surface area contributed by atoms with Crippen molar-refractivity contribution < 1.29 is 4.79 Å². The van der Waals surface area contributed by atoms with Crippen molar-refractivity contribution in [1.82, 2.24) is 30.4 Å². The van der Waals surface area contributed by atoms with E-state index in [2.05, 4.69) is 41.6 Å². The number of carbonyl (C=O) groups excluding carboxylic acids is 1. The predicted molar refractivity (Wildman–Crippen MR) is 75.0 cm³/mol. The van der Waals surface area contributed by atoms with Gasteiger partial charge in [-0.15, -0.1) is 5.10 Å². The Kier molecular flexibility index (Phi) is 5.74. The first-order chi connectivity index (χ1) is 8.79. The molecule has 1 aromatic heterocycles. The van der Waals surface area contributed by atoms with Gasteiger partial charge in [0.15, 0.2) is 0 Å². The highest BCUT2D eigenvalue weighted by Gasteiger charge is 2.12. The Hall–Kier alpha value is -1.15. The van der Waals surface area contributed by atoms with Crippen LogP contribution in [0.1, 0.15) is 20.8 Å². The maximum atomic E-state index is 11.5. The minimum atomic E-state index is 0.0485. The summed E-state index contributed by atoms with van der Waals surface area (Å²) in [6, 6.07) is 0. The topological polar surface area (TPSA) is 75.9 Å². The van der Waals surface area contributed by atoms with Crippen molar-refractivity contribution in [2.24, 2.45) is 0 Å². The molecule has 19 heavy (non-hydrogen) atoms. The molecule has 8 heteroatoms. The average Bonchev–Trinajstić information content (AvgIpc) is 2.71. The quantitative estimate of drug-likeness (QED) is 0.755. The van der Waals surface area contributed by atoms with E-state index >= 15 is 0 Å². The molecular formula is C11H22N6OS. The van der Waals surface area contributed by atoms with Crippen molar-refractivity contribution in [3.8, 4) is 0 Å². The molecule has 0 aromatic carbocycles. The Morgan fingerprint density at radius 3 is 2.68 bits per heavy atom. The van der Waals surface area contributed by atoms with Crippen LogP contribution in [0.5, 0.6) is 0 Å². The lowest BCUT2D eigenvalue weighted by molar-refractivity contribution is -0.125. The van der Waals surface area contributed by atoms with Gasteiger partial charge in [-0.05, 0) is 31.2 Å². The molecular weight excluding hydrogens is 264 g/mol. The van der Waals surface area contributed by atoms with Crippen LogP contribution in [-0.2, 0) is 11.3 Å². The van der Waals surface area contributed by atoms with Gasteiger partial charge < -0.3 is 10.2 Å². The fraction of sp³-hybridized carbons (Fsp3) is 0.818. The minimum Gasteiger partial charge on any atom is -0.348 e. The maximum absolute atomic E-state index is 11.5. The molecule has 0 unspecified atom stereocenters. The fourth-order valence-electron chi connectivity index (χ4n) is 1.23. The summed E-state index contributed by atoms with van der Waals surface area (Å²) >= 11 is 1.36. The molecule has 1 amide bonds. The minimum absolute atomic E-state index is 0.0485. The SMILES string of the molecule is CN(C)C(=O)CSc1nnnn1CCNC(C)(C)C. The summed E-state index contributed by atoms with van der Waals surface area (Å²) in [5, 5.41) is 15.5. The van der Waals surface area contributed by atoms with Crippen molar-refractivity contribution in [1.29, 1.82) is 0 Å². The number of hydrogen-bond donors (Lipinski definition) is 1. The van der Waals surface area contributed by atoms with E-state index in [0.29, 0.717) is 17.5 Å². The number of carbonyl (C=O) groups is 1. The van der Waals surface area contributed by atoms with Crippen LogP contribution in [0.15, 0.2) is 5.16 Å². The molecule has 7 nitrogen and oxygen atoms in total. The highest BCUT2D eigenvalue weighted by Crippen LogP contribution is 2.13. The van der Waals surface area contributed by atoms with Gasteiger partial charge in [-0.2, -0.15) is 0 Å². The summed E-state index contributed by atoms with van der Waals surface area (Å²) in [6.45, 7) is 7.79. The van der Waals surface area contributed by atoms with Gasteiger partial charge in [0.2, 0.25) is 11.1 Å². The van der Waals surface area contributed by atoms with Crippen molar-refractivity contribution in [2.45, 2.75) is 38.0 Å². The summed E-state index contributed by atoms with van der Waals surface area (Å²) in [7, 11) is 3.47. The zero-order chi connectivity index (χ0) is 14.5. The molecule has 108 valence electrons. The van der Waals surface area contributed by atoms with E-state index < -0.39 is 0 Å². The Morgan fingerprint density at radius 1 is 1.42 bits per heavy atom. The molecule has 0 bridgehead atoms. The van der Waals surface area contributed by atoms with Crippen LogP contribution in [0.3, 0.4) is 0 Å². The summed E-state index contributed by atoms with van der Waals surface area (Å²) in [6.07, 6.45) is 0. The summed E-state index contributed by atoms with van der Waals surface area (Å²) in [5.41, 5.74) is 0.0716. The lowest BCUT2D eigenvalue weighted by atomic mass is 10.1. The first-order valence-corrected chi connectivity index (χ1v) is 7.12. The summed E-state index contributed by atoms with van der Waals surface area (Å²) < 4.78 is 1.71. The van der Waals surface area contributed by atoms with Crippen molar-refractivity contribution >= 4 is 17.7 Å². The second kappa shape index (κ2) is 6.85. The monoisotopic (exact) mass is 286 g/mol. The van der Waals surface area contributed by atoms with Crippen LogP contribution in [0.4, 0.5) is 0 Å². The highest BCUT2D eigenvalue weighted by atomic mass is 32.2. The number of nitrogens with zero attached hydrogens (tertiary/aromatic N) is 5. The molecule has 1 N–H and O–H groups in total. The molecule has 0 spiro atoms. The molecule has 0 atom stereocenters. The number of aromatic nitrogens is 4. The van der Waals surface area contributed by atoms with Gasteiger partial charge in [0.05, 0.1) is 12.3 Å². The van der Waals surface area contributed by atoms with E-state index in [1.165, 1.54) is 11.8 Å². The second-order valence-electron chi connectivity index (χ2n) is 5.44. The summed E-state index contributed by atoms with van der Waals surface area (Å²) in [5.74, 6) is 0.396. The molecule has 0 aliphatic heterocycles. The summed E-state index contributed by atoms with van der Waals surface area (Å²) in [4.78, 5) is 13.1. The third kappa shape index (κ3) is 6.02. The van der Waals surface area contributed by atoms with Crippen LogP contribution in [-0.4, -0.2) is 62.9 Å². The van der Waals surface area contributed by atoms with Gasteiger partial charge in [-0.3, -0.25) is 4.79 Å². The molecule has 1 heterocycles. The lowest BCUT2D eigenvalue weighted by Crippen LogP contribution is -2.38. The van der Waals surface area contributed by atoms with Crippen LogP contribution in [0.2, 0.25) is 0 Å². The van der Waals surface area contributed by atoms with E-state index in [9.17, 15) is 4.79 Å². The number of hydrogen-bond acceptors (Lipinski definition) is 6. The first-order valence-electron chi connectivity index (χ1n) is 6.14. The fourth-order valence-corrected chi connectivity index (χ4v) is 2.11. The van der Waals surface area contributed by atoms with E-state index in [1.807, 2.05) is 0 Å². The molecule has 1 aromatic rings. The van der Waals surface area contributed by atoms with Gasteiger partial charge >= 0.3 is 0 Å². The third-order valence-electron chi connectivity index (χ3n) is 2.30. The molecule has 0 saturated carbocycles. The van der Waals surface area contributed by atoms with E-state index in [-0.39, 0.29) is 11.4 Å². The highest BCUT2D eigenvalue weighted by molar-refractivity contribution is 7.99. The lowest BCUT2D eigenvalue weighted by Gasteiger charge is -2.20. The molecule has 1 rings (SSSR count). The number of thioether (sulfide) groups is 1. The zero-order valence-corrected chi connectivity index (χ0v) is 13.0. The van der Waals surface area contributed by atoms with Gasteiger partial charge in [0.25, 0.3) is 0 Å². The van der Waals surface area contributed by atoms with E-state index in [1.54, 1.807) is 23.7 Å². The normalized spacial score (nSPS) is 11.6. The molecule has 0 fully saturated rings. The molecule has 0 aliphatic carbocycles. The Bertz CT molecular complexity index is 412. The number of amides is 1. The molecule has 0 saturated heterocycles. The van der Waals surface area contributed by atoms with Crippen molar-refractivity contribution in [3.63, 3.8) is 0 Å². The van der Waals surface area contributed by atoms with Gasteiger partial charge in [0.1, 0.15) is 0 Å². The van der Waals surface area contributed by atoms with Gasteiger partial charge in [0, 0.05) is 26.2 Å². The maximum Gasteiger partial charge on any atom is 0.232 e. The van der Waals surface area contributed by atoms with Crippen molar-refractivity contribution in [2.75, 3.05) is 26.4 Å². The van der Waals surface area contributed by atoms with Gasteiger partial charge in [-0.1, -0.05) is 11.8 Å². The van der Waals surface area contributed by atoms with E-state index in [0.717, 1.165) is 6.54 Å².